The molecule has 7 nitrogen and oxygen atoms in total. The number of ether oxygens (including phenoxy) is 1. The number of nitrogens with zero attached hydrogens (tertiary/aromatic N) is 1. The molecule has 1 heterocycles. The second kappa shape index (κ2) is 10.6. The highest BCUT2D eigenvalue weighted by Gasteiger charge is 2.26. The van der Waals surface area contributed by atoms with E-state index < -0.39 is 11.9 Å². The van der Waals surface area contributed by atoms with Crippen molar-refractivity contribution in [3.05, 3.63) is 35.9 Å². The summed E-state index contributed by atoms with van der Waals surface area (Å²) in [7, 11) is 0. The van der Waals surface area contributed by atoms with Crippen molar-refractivity contribution in [3.8, 4) is 0 Å². The lowest BCUT2D eigenvalue weighted by atomic mass is 10.1. The van der Waals surface area contributed by atoms with Gasteiger partial charge in [-0.15, -0.1) is 0 Å². The number of carbonyl (C=O) groups is 3. The van der Waals surface area contributed by atoms with Gasteiger partial charge in [0.25, 0.3) is 0 Å². The summed E-state index contributed by atoms with van der Waals surface area (Å²) >= 11 is 0. The van der Waals surface area contributed by atoms with Gasteiger partial charge in [-0.1, -0.05) is 30.3 Å². The lowest BCUT2D eigenvalue weighted by Crippen LogP contribution is -2.46. The largest absolute Gasteiger partial charge is 0.461 e. The molecule has 1 unspecified atom stereocenters. The van der Waals surface area contributed by atoms with E-state index in [1.165, 1.54) is 0 Å². The van der Waals surface area contributed by atoms with E-state index in [4.69, 9.17) is 10.5 Å². The van der Waals surface area contributed by atoms with Gasteiger partial charge in [-0.05, 0) is 24.8 Å². The van der Waals surface area contributed by atoms with Gasteiger partial charge in [0.15, 0.2) is 0 Å². The normalized spacial score (nSPS) is 14.8. The summed E-state index contributed by atoms with van der Waals surface area (Å²) in [4.78, 5) is 37.2. The van der Waals surface area contributed by atoms with E-state index in [1.807, 2.05) is 30.3 Å². The molecule has 1 fully saturated rings. The van der Waals surface area contributed by atoms with Crippen molar-refractivity contribution >= 4 is 17.8 Å². The van der Waals surface area contributed by atoms with Gasteiger partial charge in [0.05, 0.1) is 12.5 Å². The molecule has 0 radical (unpaired) electrons. The van der Waals surface area contributed by atoms with Crippen molar-refractivity contribution in [2.45, 2.75) is 44.8 Å². The van der Waals surface area contributed by atoms with Crippen LogP contribution in [-0.4, -0.2) is 48.4 Å². The van der Waals surface area contributed by atoms with Crippen LogP contribution in [0.25, 0.3) is 0 Å². The van der Waals surface area contributed by atoms with Crippen LogP contribution >= 0.6 is 0 Å². The molecular weight excluding hydrogens is 334 g/mol. The zero-order chi connectivity index (χ0) is 18.8. The Hall–Kier alpha value is -2.41. The Morgan fingerprint density at radius 2 is 1.81 bits per heavy atom. The van der Waals surface area contributed by atoms with Crippen LogP contribution in [0.3, 0.4) is 0 Å². The highest BCUT2D eigenvalue weighted by atomic mass is 16.5. The molecule has 26 heavy (non-hydrogen) atoms. The summed E-state index contributed by atoms with van der Waals surface area (Å²) in [5.41, 5.74) is 6.13. The number of carbonyl (C=O) groups excluding carboxylic acids is 3. The van der Waals surface area contributed by atoms with E-state index in [2.05, 4.69) is 5.32 Å². The molecule has 1 aliphatic heterocycles. The fourth-order valence-corrected chi connectivity index (χ4v) is 2.92. The fourth-order valence-electron chi connectivity index (χ4n) is 2.92. The Bertz CT molecular complexity index is 600. The third-order valence-corrected chi connectivity index (χ3v) is 4.36. The first-order valence-electron chi connectivity index (χ1n) is 9.06. The Kier molecular flexibility index (Phi) is 8.08. The van der Waals surface area contributed by atoms with Crippen LogP contribution in [0.15, 0.2) is 30.3 Å². The average molecular weight is 361 g/mol. The first-order valence-corrected chi connectivity index (χ1v) is 9.06. The summed E-state index contributed by atoms with van der Waals surface area (Å²) in [6.45, 7) is 2.04. The molecule has 0 aliphatic carbocycles. The van der Waals surface area contributed by atoms with Crippen LogP contribution in [0.2, 0.25) is 0 Å². The van der Waals surface area contributed by atoms with E-state index in [1.54, 1.807) is 4.90 Å². The predicted molar refractivity (Wildman–Crippen MR) is 96.9 cm³/mol. The number of esters is 1. The van der Waals surface area contributed by atoms with E-state index in [0.717, 1.165) is 31.5 Å². The zero-order valence-electron chi connectivity index (χ0n) is 15.0. The maximum absolute atomic E-state index is 12.5. The number of rotatable bonds is 10. The Morgan fingerprint density at radius 3 is 2.46 bits per heavy atom. The molecule has 3 N–H and O–H groups in total. The molecule has 1 atom stereocenters. The molecule has 0 bridgehead atoms. The lowest BCUT2D eigenvalue weighted by Gasteiger charge is -2.23. The fraction of sp³-hybridized carbons (Fsp3) is 0.526. The standard InChI is InChI=1S/C19H27N3O4/c20-17(23)9-8-16(19(25)22-12-4-5-13-22)21-11-10-18(24)26-14-15-6-2-1-3-7-15/h1-3,6-7,16,21H,4-5,8-14H2,(H2,20,23). The smallest absolute Gasteiger partial charge is 0.307 e. The molecule has 142 valence electrons. The second-order valence-corrected chi connectivity index (χ2v) is 6.44. The highest BCUT2D eigenvalue weighted by Crippen LogP contribution is 2.11. The molecule has 0 aromatic heterocycles. The minimum Gasteiger partial charge on any atom is -0.461 e. The summed E-state index contributed by atoms with van der Waals surface area (Å²) in [6.07, 6.45) is 2.63. The van der Waals surface area contributed by atoms with Gasteiger partial charge < -0.3 is 20.7 Å². The van der Waals surface area contributed by atoms with Crippen molar-refractivity contribution in [2.75, 3.05) is 19.6 Å². The number of primary amides is 1. The van der Waals surface area contributed by atoms with Gasteiger partial charge in [0.2, 0.25) is 11.8 Å². The summed E-state index contributed by atoms with van der Waals surface area (Å²) < 4.78 is 5.22. The van der Waals surface area contributed by atoms with Gasteiger partial charge in [-0.25, -0.2) is 0 Å². The SMILES string of the molecule is NC(=O)CCC(NCCC(=O)OCc1ccccc1)C(=O)N1CCCC1. The molecule has 2 rings (SSSR count). The molecule has 1 aliphatic rings. The molecular formula is C19H27N3O4. The number of hydrogen-bond donors (Lipinski definition) is 2. The van der Waals surface area contributed by atoms with E-state index >= 15 is 0 Å². The second-order valence-electron chi connectivity index (χ2n) is 6.44. The molecule has 1 aromatic rings. The van der Waals surface area contributed by atoms with Crippen LogP contribution in [0.4, 0.5) is 0 Å². The average Bonchev–Trinajstić information content (AvgIpc) is 3.17. The Balaban J connectivity index is 1.75. The van der Waals surface area contributed by atoms with Crippen molar-refractivity contribution in [1.29, 1.82) is 0 Å². The summed E-state index contributed by atoms with van der Waals surface area (Å²) in [6, 6.07) is 8.96. The minimum absolute atomic E-state index is 0.0265. The van der Waals surface area contributed by atoms with E-state index in [9.17, 15) is 14.4 Å². The predicted octanol–water partition coefficient (Wildman–Crippen LogP) is 0.966. The number of likely N-dealkylation sites (tertiary alicyclic amines) is 1. The monoisotopic (exact) mass is 361 g/mol. The molecule has 1 saturated heterocycles. The maximum atomic E-state index is 12.5. The van der Waals surface area contributed by atoms with Crippen LogP contribution in [0.5, 0.6) is 0 Å². The number of nitrogens with one attached hydrogen (secondary N) is 1. The van der Waals surface area contributed by atoms with Crippen LogP contribution < -0.4 is 11.1 Å². The van der Waals surface area contributed by atoms with Crippen molar-refractivity contribution < 1.29 is 19.1 Å². The summed E-state index contributed by atoms with van der Waals surface area (Å²) in [5.74, 6) is -0.793. The maximum Gasteiger partial charge on any atom is 0.307 e. The number of nitrogens with two attached hydrogens (primary N) is 1. The quantitative estimate of drug-likeness (QED) is 0.605. The van der Waals surface area contributed by atoms with Gasteiger partial charge in [0, 0.05) is 26.1 Å². The van der Waals surface area contributed by atoms with Gasteiger partial charge in [0.1, 0.15) is 6.61 Å². The van der Waals surface area contributed by atoms with Crippen LogP contribution in [0.1, 0.15) is 37.7 Å². The molecule has 7 heteroatoms. The summed E-state index contributed by atoms with van der Waals surface area (Å²) in [5, 5.41) is 3.08. The number of amides is 2. The highest BCUT2D eigenvalue weighted by molar-refractivity contribution is 5.83. The third-order valence-electron chi connectivity index (χ3n) is 4.36. The molecule has 0 saturated carbocycles. The minimum atomic E-state index is -0.498. The zero-order valence-corrected chi connectivity index (χ0v) is 15.0. The molecule has 1 aromatic carbocycles. The van der Waals surface area contributed by atoms with Crippen LogP contribution in [0, 0.1) is 0 Å². The molecule has 0 spiro atoms. The van der Waals surface area contributed by atoms with Crippen molar-refractivity contribution in [3.63, 3.8) is 0 Å². The first kappa shape index (κ1) is 19.9. The van der Waals surface area contributed by atoms with E-state index in [-0.39, 0.29) is 31.3 Å². The van der Waals surface area contributed by atoms with Crippen LogP contribution in [-0.2, 0) is 25.7 Å². The first-order chi connectivity index (χ1) is 12.6. The van der Waals surface area contributed by atoms with Gasteiger partial charge in [-0.3, -0.25) is 14.4 Å². The van der Waals surface area contributed by atoms with Crippen molar-refractivity contribution in [1.82, 2.24) is 10.2 Å². The van der Waals surface area contributed by atoms with Gasteiger partial charge >= 0.3 is 5.97 Å². The van der Waals surface area contributed by atoms with Gasteiger partial charge in [-0.2, -0.15) is 0 Å². The lowest BCUT2D eigenvalue weighted by molar-refractivity contribution is -0.145. The van der Waals surface area contributed by atoms with Crippen molar-refractivity contribution in [2.24, 2.45) is 5.73 Å². The molecule has 2 amide bonds. The van der Waals surface area contributed by atoms with E-state index in [0.29, 0.717) is 13.0 Å². The topological polar surface area (TPSA) is 102 Å². The Morgan fingerprint density at radius 1 is 1.12 bits per heavy atom. The number of hydrogen-bond acceptors (Lipinski definition) is 5. The third kappa shape index (κ3) is 6.84. The number of benzene rings is 1. The Labute approximate surface area is 153 Å².